The molecule has 1 aromatic carbocycles. The first kappa shape index (κ1) is 19.3. The zero-order valence-electron chi connectivity index (χ0n) is 14.9. The lowest BCUT2D eigenvalue weighted by Crippen LogP contribution is -2.26. The van der Waals surface area contributed by atoms with E-state index in [1.54, 1.807) is 0 Å². The molecule has 2 aromatic rings. The summed E-state index contributed by atoms with van der Waals surface area (Å²) in [6.07, 6.45) is -0.642. The smallest absolute Gasteiger partial charge is 0.356 e. The number of aromatic nitrogens is 2. The van der Waals surface area contributed by atoms with Crippen molar-refractivity contribution in [2.24, 2.45) is 0 Å². The summed E-state index contributed by atoms with van der Waals surface area (Å²) >= 11 is 0. The molecule has 144 valence electrons. The molecule has 0 atom stereocenters. The molecule has 1 aliphatic carbocycles. The van der Waals surface area contributed by atoms with Crippen molar-refractivity contribution in [2.75, 3.05) is 6.54 Å². The summed E-state index contributed by atoms with van der Waals surface area (Å²) in [6, 6.07) is 10.9. The number of hydrogen-bond acceptors (Lipinski definition) is 3. The van der Waals surface area contributed by atoms with Gasteiger partial charge in [0.25, 0.3) is 0 Å². The first-order valence-electron chi connectivity index (χ1n) is 9.17. The van der Waals surface area contributed by atoms with Crippen molar-refractivity contribution in [1.29, 1.82) is 0 Å². The fourth-order valence-electron chi connectivity index (χ4n) is 2.86. The minimum atomic E-state index is -4.48. The predicted molar refractivity (Wildman–Crippen MR) is 95.1 cm³/mol. The number of rotatable bonds is 8. The number of hydrogen-bond donors (Lipinski definition) is 1. The van der Waals surface area contributed by atoms with Gasteiger partial charge in [-0.2, -0.15) is 13.2 Å². The van der Waals surface area contributed by atoms with Crippen LogP contribution in [0.25, 0.3) is 0 Å². The highest BCUT2D eigenvalue weighted by molar-refractivity contribution is 5.75. The van der Waals surface area contributed by atoms with Crippen molar-refractivity contribution in [3.8, 4) is 0 Å². The highest BCUT2D eigenvalue weighted by atomic mass is 19.4. The Labute approximate surface area is 156 Å². The van der Waals surface area contributed by atoms with Crippen molar-refractivity contribution < 1.29 is 18.0 Å². The van der Waals surface area contributed by atoms with Crippen LogP contribution in [-0.4, -0.2) is 22.4 Å². The van der Waals surface area contributed by atoms with E-state index < -0.39 is 11.9 Å². The minimum Gasteiger partial charge on any atom is -0.356 e. The van der Waals surface area contributed by atoms with Gasteiger partial charge in [-0.3, -0.25) is 4.79 Å². The zero-order chi connectivity index (χ0) is 19.3. The van der Waals surface area contributed by atoms with E-state index in [2.05, 4.69) is 15.3 Å². The molecule has 3 rings (SSSR count). The number of aryl methyl sites for hydroxylation is 1. The highest BCUT2D eigenvalue weighted by Crippen LogP contribution is 2.40. The Morgan fingerprint density at radius 3 is 2.52 bits per heavy atom. The standard InChI is InChI=1S/C20H22F3N3O/c21-20(22,23)17-13-16(15-9-10-15)25-18(26-17)11-12-24-19(27)8-4-7-14-5-2-1-3-6-14/h1-3,5-6,13,15H,4,7-12H2,(H,24,27). The molecular weight excluding hydrogens is 355 g/mol. The second kappa shape index (κ2) is 8.50. The monoisotopic (exact) mass is 377 g/mol. The maximum atomic E-state index is 13.0. The van der Waals surface area contributed by atoms with E-state index in [-0.39, 0.29) is 30.6 Å². The molecule has 1 N–H and O–H groups in total. The molecule has 1 saturated carbocycles. The lowest BCUT2D eigenvalue weighted by molar-refractivity contribution is -0.141. The van der Waals surface area contributed by atoms with E-state index in [4.69, 9.17) is 0 Å². The SMILES string of the molecule is O=C(CCCc1ccccc1)NCCc1nc(C2CC2)cc(C(F)(F)F)n1. The molecule has 1 aliphatic rings. The summed E-state index contributed by atoms with van der Waals surface area (Å²) < 4.78 is 39.0. The van der Waals surface area contributed by atoms with Crippen molar-refractivity contribution >= 4 is 5.91 Å². The topological polar surface area (TPSA) is 54.9 Å². The van der Waals surface area contributed by atoms with Crippen LogP contribution in [-0.2, 0) is 23.8 Å². The third-order valence-electron chi connectivity index (χ3n) is 4.46. The Balaban J connectivity index is 1.46. The van der Waals surface area contributed by atoms with Crippen LogP contribution in [0.3, 0.4) is 0 Å². The number of nitrogens with zero attached hydrogens (tertiary/aromatic N) is 2. The van der Waals surface area contributed by atoms with E-state index in [0.29, 0.717) is 12.1 Å². The molecule has 4 nitrogen and oxygen atoms in total. The molecule has 0 saturated heterocycles. The lowest BCUT2D eigenvalue weighted by atomic mass is 10.1. The number of carbonyl (C=O) groups excluding carboxylic acids is 1. The summed E-state index contributed by atoms with van der Waals surface area (Å²) in [5, 5.41) is 2.74. The second-order valence-corrected chi connectivity index (χ2v) is 6.81. The van der Waals surface area contributed by atoms with E-state index in [0.717, 1.165) is 31.7 Å². The van der Waals surface area contributed by atoms with Gasteiger partial charge in [-0.1, -0.05) is 30.3 Å². The molecule has 27 heavy (non-hydrogen) atoms. The maximum Gasteiger partial charge on any atom is 0.433 e. The molecule has 1 aromatic heterocycles. The van der Waals surface area contributed by atoms with Gasteiger partial charge in [0.15, 0.2) is 0 Å². The quantitative estimate of drug-likeness (QED) is 0.755. The third-order valence-corrected chi connectivity index (χ3v) is 4.46. The van der Waals surface area contributed by atoms with Crippen LogP contribution in [0.5, 0.6) is 0 Å². The van der Waals surface area contributed by atoms with Gasteiger partial charge in [0.1, 0.15) is 11.5 Å². The summed E-state index contributed by atoms with van der Waals surface area (Å²) in [5.74, 6) is 0.136. The summed E-state index contributed by atoms with van der Waals surface area (Å²) in [6.45, 7) is 0.232. The van der Waals surface area contributed by atoms with Gasteiger partial charge in [0.05, 0.1) is 0 Å². The van der Waals surface area contributed by atoms with Gasteiger partial charge in [-0.25, -0.2) is 9.97 Å². The van der Waals surface area contributed by atoms with E-state index in [9.17, 15) is 18.0 Å². The molecule has 1 amide bonds. The zero-order valence-corrected chi connectivity index (χ0v) is 14.9. The lowest BCUT2D eigenvalue weighted by Gasteiger charge is -2.10. The van der Waals surface area contributed by atoms with Crippen molar-refractivity contribution in [2.45, 2.75) is 50.6 Å². The molecule has 1 heterocycles. The van der Waals surface area contributed by atoms with Gasteiger partial charge in [-0.15, -0.1) is 0 Å². The van der Waals surface area contributed by atoms with E-state index >= 15 is 0 Å². The molecule has 0 aliphatic heterocycles. The molecule has 7 heteroatoms. The van der Waals surface area contributed by atoms with Crippen molar-refractivity contribution in [1.82, 2.24) is 15.3 Å². The number of amides is 1. The molecule has 0 spiro atoms. The number of halogens is 3. The van der Waals surface area contributed by atoms with Crippen LogP contribution < -0.4 is 5.32 Å². The molecule has 1 fully saturated rings. The van der Waals surface area contributed by atoms with Crippen molar-refractivity contribution in [3.63, 3.8) is 0 Å². The third kappa shape index (κ3) is 6.05. The minimum absolute atomic E-state index is 0.111. The first-order valence-corrected chi connectivity index (χ1v) is 9.17. The van der Waals surface area contributed by atoms with Gasteiger partial charge in [0.2, 0.25) is 5.91 Å². The largest absolute Gasteiger partial charge is 0.433 e. The normalized spacial score (nSPS) is 14.2. The van der Waals surface area contributed by atoms with Crippen molar-refractivity contribution in [3.05, 3.63) is 59.2 Å². The van der Waals surface area contributed by atoms with Crippen LogP contribution in [0.4, 0.5) is 13.2 Å². The molecule has 0 bridgehead atoms. The second-order valence-electron chi connectivity index (χ2n) is 6.81. The summed E-state index contributed by atoms with van der Waals surface area (Å²) in [7, 11) is 0. The van der Waals surface area contributed by atoms with E-state index in [1.807, 2.05) is 30.3 Å². The molecule has 0 unspecified atom stereocenters. The Morgan fingerprint density at radius 2 is 1.85 bits per heavy atom. The Hall–Kier alpha value is -2.44. The number of nitrogens with one attached hydrogen (secondary N) is 1. The van der Waals surface area contributed by atoms with Crippen LogP contribution in [0, 0.1) is 0 Å². The number of alkyl halides is 3. The average molecular weight is 377 g/mol. The van der Waals surface area contributed by atoms with Gasteiger partial charge < -0.3 is 5.32 Å². The number of carbonyl (C=O) groups is 1. The Kier molecular flexibility index (Phi) is 6.08. The maximum absolute atomic E-state index is 13.0. The van der Waals surface area contributed by atoms with Crippen LogP contribution in [0.2, 0.25) is 0 Å². The fraction of sp³-hybridized carbons (Fsp3) is 0.450. The molecular formula is C20H22F3N3O. The van der Waals surface area contributed by atoms with Crippen LogP contribution in [0.1, 0.15) is 54.4 Å². The highest BCUT2D eigenvalue weighted by Gasteiger charge is 2.35. The van der Waals surface area contributed by atoms with Gasteiger partial charge >= 0.3 is 6.18 Å². The average Bonchev–Trinajstić information content (AvgIpc) is 3.47. The van der Waals surface area contributed by atoms with E-state index in [1.165, 1.54) is 5.56 Å². The Morgan fingerprint density at radius 1 is 1.11 bits per heavy atom. The van der Waals surface area contributed by atoms with Gasteiger partial charge in [0, 0.05) is 31.0 Å². The fourth-order valence-corrected chi connectivity index (χ4v) is 2.86. The summed E-state index contributed by atoms with van der Waals surface area (Å²) in [4.78, 5) is 19.8. The summed E-state index contributed by atoms with van der Waals surface area (Å²) in [5.41, 5.74) is 0.736. The molecule has 0 radical (unpaired) electrons. The van der Waals surface area contributed by atoms with Crippen LogP contribution in [0.15, 0.2) is 36.4 Å². The first-order chi connectivity index (χ1) is 12.9. The van der Waals surface area contributed by atoms with Gasteiger partial charge in [-0.05, 0) is 37.3 Å². The van der Waals surface area contributed by atoms with Crippen LogP contribution >= 0.6 is 0 Å². The predicted octanol–water partition coefficient (Wildman–Crippen LogP) is 4.05. The Bertz CT molecular complexity index is 774. The number of benzene rings is 1.